The van der Waals surface area contributed by atoms with Crippen LogP contribution in [-0.4, -0.2) is 5.79 Å². The highest BCUT2D eigenvalue weighted by atomic mass is 15.2. The van der Waals surface area contributed by atoms with Crippen LogP contribution in [0.2, 0.25) is 0 Å². The molecule has 0 amide bonds. The first-order valence-electron chi connectivity index (χ1n) is 2.73. The molecule has 0 fully saturated rings. The molecule has 0 heterocycles. The summed E-state index contributed by atoms with van der Waals surface area (Å²) in [4.78, 5) is 0. The van der Waals surface area contributed by atoms with Crippen molar-refractivity contribution in [2.24, 2.45) is 17.2 Å². The summed E-state index contributed by atoms with van der Waals surface area (Å²) in [6, 6.07) is 0. The summed E-state index contributed by atoms with van der Waals surface area (Å²) in [5.41, 5.74) is 16.1. The second kappa shape index (κ2) is 2.70. The van der Waals surface area contributed by atoms with Gasteiger partial charge in [-0.3, -0.25) is 11.5 Å². The Balaban J connectivity index is 3.75. The standard InChI is InChI=1S/C5H14N4/c1-3-4(6)9-5(2,7)8/h3,9H,6-8H2,1-2H3. The molecule has 0 aromatic rings. The van der Waals surface area contributed by atoms with Crippen LogP contribution in [0.15, 0.2) is 11.9 Å². The summed E-state index contributed by atoms with van der Waals surface area (Å²) in [5, 5.41) is 2.66. The first-order valence-corrected chi connectivity index (χ1v) is 2.73. The van der Waals surface area contributed by atoms with Crippen molar-refractivity contribution in [2.45, 2.75) is 19.6 Å². The van der Waals surface area contributed by atoms with Crippen molar-refractivity contribution in [2.75, 3.05) is 0 Å². The summed E-state index contributed by atoms with van der Waals surface area (Å²) in [6.45, 7) is 3.43. The van der Waals surface area contributed by atoms with E-state index in [9.17, 15) is 0 Å². The number of allylic oxidation sites excluding steroid dienone is 1. The Bertz CT molecular complexity index is 111. The van der Waals surface area contributed by atoms with Crippen LogP contribution in [0.4, 0.5) is 0 Å². The maximum Gasteiger partial charge on any atom is 0.136 e. The molecule has 0 spiro atoms. The third-order valence-corrected chi connectivity index (χ3v) is 0.725. The average Bonchev–Trinajstić information content (AvgIpc) is 1.62. The third-order valence-electron chi connectivity index (χ3n) is 0.725. The maximum atomic E-state index is 5.36. The highest BCUT2D eigenvalue weighted by Gasteiger charge is 2.08. The molecule has 0 aromatic carbocycles. The van der Waals surface area contributed by atoms with Gasteiger partial charge in [0, 0.05) is 0 Å². The summed E-state index contributed by atoms with van der Waals surface area (Å²) >= 11 is 0. The van der Waals surface area contributed by atoms with E-state index in [-0.39, 0.29) is 0 Å². The number of nitrogens with two attached hydrogens (primary N) is 3. The molecule has 0 aliphatic carbocycles. The van der Waals surface area contributed by atoms with Gasteiger partial charge in [0.2, 0.25) is 0 Å². The molecule has 0 rings (SSSR count). The van der Waals surface area contributed by atoms with Gasteiger partial charge in [0.25, 0.3) is 0 Å². The Morgan fingerprint density at radius 1 is 1.56 bits per heavy atom. The van der Waals surface area contributed by atoms with Crippen molar-refractivity contribution in [3.63, 3.8) is 0 Å². The SMILES string of the molecule is CC=C(N)NC(C)(N)N. The largest absolute Gasteiger partial charge is 0.386 e. The van der Waals surface area contributed by atoms with Crippen molar-refractivity contribution in [1.82, 2.24) is 5.32 Å². The molecule has 0 saturated heterocycles. The molecule has 54 valence electrons. The van der Waals surface area contributed by atoms with Crippen molar-refractivity contribution in [1.29, 1.82) is 0 Å². The number of hydrogen-bond acceptors (Lipinski definition) is 4. The minimum atomic E-state index is -0.920. The van der Waals surface area contributed by atoms with Crippen LogP contribution in [0.25, 0.3) is 0 Å². The molecule has 9 heavy (non-hydrogen) atoms. The van der Waals surface area contributed by atoms with E-state index in [0.29, 0.717) is 5.82 Å². The Morgan fingerprint density at radius 3 is 2.11 bits per heavy atom. The minimum absolute atomic E-state index is 0.488. The van der Waals surface area contributed by atoms with Gasteiger partial charge in [0.15, 0.2) is 0 Å². The maximum absolute atomic E-state index is 5.36. The topological polar surface area (TPSA) is 90.1 Å². The fraction of sp³-hybridized carbons (Fsp3) is 0.600. The molecule has 0 bridgehead atoms. The zero-order valence-electron chi connectivity index (χ0n) is 5.81. The first kappa shape index (κ1) is 8.26. The first-order chi connectivity index (χ1) is 3.95. The molecule has 0 saturated carbocycles. The molecule has 4 heteroatoms. The van der Waals surface area contributed by atoms with Gasteiger partial charge in [0.05, 0.1) is 5.82 Å². The minimum Gasteiger partial charge on any atom is -0.386 e. The van der Waals surface area contributed by atoms with Crippen molar-refractivity contribution in [3.05, 3.63) is 11.9 Å². The van der Waals surface area contributed by atoms with Gasteiger partial charge in [-0.15, -0.1) is 0 Å². The monoisotopic (exact) mass is 130 g/mol. The summed E-state index contributed by atoms with van der Waals surface area (Å²) in [7, 11) is 0. The van der Waals surface area contributed by atoms with E-state index in [2.05, 4.69) is 5.32 Å². The quantitative estimate of drug-likeness (QED) is 0.360. The number of hydrogen-bond donors (Lipinski definition) is 4. The van der Waals surface area contributed by atoms with Crippen LogP contribution in [0, 0.1) is 0 Å². The van der Waals surface area contributed by atoms with E-state index in [1.165, 1.54) is 0 Å². The molecule has 7 N–H and O–H groups in total. The van der Waals surface area contributed by atoms with Crippen LogP contribution in [0.1, 0.15) is 13.8 Å². The van der Waals surface area contributed by atoms with E-state index in [0.717, 1.165) is 0 Å². The van der Waals surface area contributed by atoms with E-state index in [4.69, 9.17) is 17.2 Å². The molecular formula is C5H14N4. The van der Waals surface area contributed by atoms with Crippen molar-refractivity contribution >= 4 is 0 Å². The highest BCUT2D eigenvalue weighted by Crippen LogP contribution is 1.83. The fourth-order valence-corrected chi connectivity index (χ4v) is 0.383. The van der Waals surface area contributed by atoms with Crippen LogP contribution in [0.5, 0.6) is 0 Å². The predicted molar refractivity (Wildman–Crippen MR) is 37.9 cm³/mol. The average molecular weight is 130 g/mol. The van der Waals surface area contributed by atoms with Gasteiger partial charge in [0.1, 0.15) is 5.79 Å². The molecule has 0 aliphatic rings. The molecule has 0 aromatic heterocycles. The van der Waals surface area contributed by atoms with Gasteiger partial charge in [-0.25, -0.2) is 0 Å². The van der Waals surface area contributed by atoms with Crippen LogP contribution >= 0.6 is 0 Å². The lowest BCUT2D eigenvalue weighted by atomic mass is 10.4. The van der Waals surface area contributed by atoms with E-state index < -0.39 is 5.79 Å². The van der Waals surface area contributed by atoms with E-state index in [1.54, 1.807) is 19.9 Å². The summed E-state index contributed by atoms with van der Waals surface area (Å²) < 4.78 is 0. The van der Waals surface area contributed by atoms with E-state index >= 15 is 0 Å². The molecule has 0 atom stereocenters. The Labute approximate surface area is 55.1 Å². The van der Waals surface area contributed by atoms with Crippen LogP contribution in [-0.2, 0) is 0 Å². The number of rotatable bonds is 2. The molecular weight excluding hydrogens is 116 g/mol. The molecule has 0 radical (unpaired) electrons. The van der Waals surface area contributed by atoms with Gasteiger partial charge in [-0.05, 0) is 19.9 Å². The molecule has 0 unspecified atom stereocenters. The summed E-state index contributed by atoms with van der Waals surface area (Å²) in [5.74, 6) is -0.432. The van der Waals surface area contributed by atoms with E-state index in [1.807, 2.05) is 0 Å². The van der Waals surface area contributed by atoms with Gasteiger partial charge in [-0.2, -0.15) is 0 Å². The van der Waals surface area contributed by atoms with Crippen molar-refractivity contribution in [3.8, 4) is 0 Å². The van der Waals surface area contributed by atoms with Crippen LogP contribution in [0.3, 0.4) is 0 Å². The lowest BCUT2D eigenvalue weighted by molar-refractivity contribution is 0.419. The van der Waals surface area contributed by atoms with Crippen molar-refractivity contribution < 1.29 is 0 Å². The molecule has 4 nitrogen and oxygen atoms in total. The Kier molecular flexibility index (Phi) is 2.48. The van der Waals surface area contributed by atoms with Gasteiger partial charge >= 0.3 is 0 Å². The normalized spacial score (nSPS) is 13.6. The smallest absolute Gasteiger partial charge is 0.136 e. The van der Waals surface area contributed by atoms with Gasteiger partial charge < -0.3 is 11.1 Å². The lowest BCUT2D eigenvalue weighted by Gasteiger charge is -2.21. The third kappa shape index (κ3) is 5.13. The fourth-order valence-electron chi connectivity index (χ4n) is 0.383. The highest BCUT2D eigenvalue weighted by molar-refractivity contribution is 4.94. The zero-order chi connectivity index (χ0) is 7.49. The number of nitrogens with one attached hydrogen (secondary N) is 1. The van der Waals surface area contributed by atoms with Crippen LogP contribution < -0.4 is 22.5 Å². The van der Waals surface area contributed by atoms with Gasteiger partial charge in [-0.1, -0.05) is 0 Å². The Hall–Kier alpha value is -0.740. The zero-order valence-corrected chi connectivity index (χ0v) is 5.81. The predicted octanol–water partition coefficient (Wildman–Crippen LogP) is -1.01. The molecule has 0 aliphatic heterocycles. The second-order valence-electron chi connectivity index (χ2n) is 2.15. The second-order valence-corrected chi connectivity index (χ2v) is 2.15. The Morgan fingerprint density at radius 2 is 2.00 bits per heavy atom. The lowest BCUT2D eigenvalue weighted by Crippen LogP contribution is -2.59. The summed E-state index contributed by atoms with van der Waals surface area (Å²) in [6.07, 6.45) is 1.69.